The molecule has 2 atom stereocenters. The van der Waals surface area contributed by atoms with Gasteiger partial charge in [0, 0.05) is 6.04 Å². The Morgan fingerprint density at radius 3 is 2.60 bits per heavy atom. The number of hydrogen-bond donors (Lipinski definition) is 2. The lowest BCUT2D eigenvalue weighted by Crippen LogP contribution is -2.36. The Balaban J connectivity index is 2.48. The molecule has 0 aliphatic carbocycles. The lowest BCUT2D eigenvalue weighted by atomic mass is 10.0. The third-order valence-electron chi connectivity index (χ3n) is 3.10. The van der Waals surface area contributed by atoms with Gasteiger partial charge in [0.25, 0.3) is 0 Å². The van der Waals surface area contributed by atoms with Crippen LogP contribution < -0.4 is 5.32 Å². The van der Waals surface area contributed by atoms with Gasteiger partial charge in [0.15, 0.2) is 0 Å². The van der Waals surface area contributed by atoms with E-state index in [2.05, 4.69) is 21.2 Å². The molecule has 3 nitrogen and oxygen atoms in total. The van der Waals surface area contributed by atoms with Gasteiger partial charge in [-0.2, -0.15) is 0 Å². The Morgan fingerprint density at radius 1 is 1.40 bits per heavy atom. The molecule has 1 amide bonds. The van der Waals surface area contributed by atoms with Gasteiger partial charge in [0.05, 0.1) is 17.0 Å². The zero-order valence-corrected chi connectivity index (χ0v) is 13.6. The van der Waals surface area contributed by atoms with Crippen molar-refractivity contribution in [2.75, 3.05) is 0 Å². The number of carbonyl (C=O) groups excluding carboxylic acids is 1. The minimum Gasteiger partial charge on any atom is -0.392 e. The first-order valence-corrected chi connectivity index (χ1v) is 7.50. The average molecular weight is 346 g/mol. The van der Waals surface area contributed by atoms with Crippen LogP contribution >= 0.6 is 15.9 Å². The second-order valence-corrected chi connectivity index (χ2v) is 6.29. The van der Waals surface area contributed by atoms with E-state index in [1.54, 1.807) is 12.1 Å². The van der Waals surface area contributed by atoms with Crippen LogP contribution in [0.3, 0.4) is 0 Å². The van der Waals surface area contributed by atoms with Crippen LogP contribution in [-0.2, 0) is 11.2 Å². The molecule has 1 rings (SSSR count). The third-order valence-corrected chi connectivity index (χ3v) is 3.71. The molecule has 5 heteroatoms. The van der Waals surface area contributed by atoms with Crippen LogP contribution in [0.1, 0.15) is 32.8 Å². The van der Waals surface area contributed by atoms with Crippen molar-refractivity contribution in [3.8, 4) is 0 Å². The fourth-order valence-corrected chi connectivity index (χ4v) is 2.26. The first-order chi connectivity index (χ1) is 9.29. The zero-order valence-electron chi connectivity index (χ0n) is 12.0. The van der Waals surface area contributed by atoms with Crippen molar-refractivity contribution in [2.24, 2.45) is 5.92 Å². The van der Waals surface area contributed by atoms with Gasteiger partial charge in [0.2, 0.25) is 5.91 Å². The van der Waals surface area contributed by atoms with Gasteiger partial charge in [-0.15, -0.1) is 0 Å². The summed E-state index contributed by atoms with van der Waals surface area (Å²) in [5, 5.41) is 12.5. The summed E-state index contributed by atoms with van der Waals surface area (Å²) in [7, 11) is 0. The topological polar surface area (TPSA) is 49.3 Å². The molecule has 2 N–H and O–H groups in total. The first kappa shape index (κ1) is 17.1. The smallest absolute Gasteiger partial charge is 0.222 e. The quantitative estimate of drug-likeness (QED) is 0.832. The summed E-state index contributed by atoms with van der Waals surface area (Å²) >= 11 is 3.14. The molecule has 0 spiro atoms. The van der Waals surface area contributed by atoms with Crippen LogP contribution in [0.15, 0.2) is 22.7 Å². The van der Waals surface area contributed by atoms with Crippen molar-refractivity contribution in [1.82, 2.24) is 5.32 Å². The molecule has 1 aromatic carbocycles. The second kappa shape index (κ2) is 7.74. The van der Waals surface area contributed by atoms with Gasteiger partial charge < -0.3 is 10.4 Å². The van der Waals surface area contributed by atoms with Crippen LogP contribution in [0.5, 0.6) is 0 Å². The molecule has 2 unspecified atom stereocenters. The van der Waals surface area contributed by atoms with Gasteiger partial charge in [-0.1, -0.05) is 19.9 Å². The van der Waals surface area contributed by atoms with Crippen LogP contribution in [0.2, 0.25) is 0 Å². The van der Waals surface area contributed by atoms with Crippen molar-refractivity contribution < 1.29 is 14.3 Å². The third kappa shape index (κ3) is 5.59. The molecule has 0 saturated heterocycles. The molecule has 0 heterocycles. The Labute approximate surface area is 127 Å². The molecule has 0 fully saturated rings. The molecular weight excluding hydrogens is 325 g/mol. The van der Waals surface area contributed by atoms with Crippen molar-refractivity contribution in [2.45, 2.75) is 45.8 Å². The maximum atomic E-state index is 13.1. The Kier molecular flexibility index (Phi) is 6.62. The summed E-state index contributed by atoms with van der Waals surface area (Å²) in [5.41, 5.74) is 0.940. The van der Waals surface area contributed by atoms with Gasteiger partial charge in [-0.25, -0.2) is 4.39 Å². The van der Waals surface area contributed by atoms with Crippen molar-refractivity contribution in [3.05, 3.63) is 34.1 Å². The normalized spacial score (nSPS) is 14.2. The van der Waals surface area contributed by atoms with E-state index in [0.29, 0.717) is 10.9 Å². The molecule has 0 aliphatic heterocycles. The predicted octanol–water partition coefficient (Wildman–Crippen LogP) is 3.04. The molecule has 1 aromatic rings. The van der Waals surface area contributed by atoms with E-state index in [1.807, 2.05) is 20.8 Å². The molecule has 0 aliphatic rings. The molecule has 0 bridgehead atoms. The highest BCUT2D eigenvalue weighted by Crippen LogP contribution is 2.17. The first-order valence-electron chi connectivity index (χ1n) is 6.71. The van der Waals surface area contributed by atoms with Gasteiger partial charge in [0.1, 0.15) is 5.82 Å². The summed E-state index contributed by atoms with van der Waals surface area (Å²) < 4.78 is 13.5. The zero-order chi connectivity index (χ0) is 15.3. The molecular formula is C15H21BrFNO2. The maximum Gasteiger partial charge on any atom is 0.222 e. The standard InChI is InChI=1S/C15H21BrFNO2/c1-9(2)14(19)8-15(20)18-10(3)6-11-4-5-13(17)12(16)7-11/h4-5,7,9-10,14,19H,6,8H2,1-3H3,(H,18,20). The van der Waals surface area contributed by atoms with Crippen LogP contribution in [0.25, 0.3) is 0 Å². The van der Waals surface area contributed by atoms with Crippen LogP contribution in [0, 0.1) is 11.7 Å². The fourth-order valence-electron chi connectivity index (χ4n) is 1.83. The number of benzene rings is 1. The SMILES string of the molecule is CC(Cc1ccc(F)c(Br)c1)NC(=O)CC(O)C(C)C. The number of aliphatic hydroxyl groups is 1. The second-order valence-electron chi connectivity index (χ2n) is 5.44. The number of carbonyl (C=O) groups is 1. The maximum absolute atomic E-state index is 13.1. The van der Waals surface area contributed by atoms with E-state index < -0.39 is 6.10 Å². The van der Waals surface area contributed by atoms with Gasteiger partial charge in [-0.3, -0.25) is 4.79 Å². The number of amides is 1. The van der Waals surface area contributed by atoms with Gasteiger partial charge >= 0.3 is 0 Å². The molecule has 0 saturated carbocycles. The summed E-state index contributed by atoms with van der Waals surface area (Å²) in [6, 6.07) is 4.74. The van der Waals surface area contributed by atoms with E-state index in [0.717, 1.165) is 5.56 Å². The molecule has 0 aromatic heterocycles. The number of halogens is 2. The number of hydrogen-bond acceptors (Lipinski definition) is 2. The number of rotatable bonds is 6. The minimum absolute atomic E-state index is 0.0594. The van der Waals surface area contributed by atoms with E-state index in [1.165, 1.54) is 6.07 Å². The van der Waals surface area contributed by atoms with Crippen molar-refractivity contribution >= 4 is 21.8 Å². The largest absolute Gasteiger partial charge is 0.392 e. The lowest BCUT2D eigenvalue weighted by molar-refractivity contribution is -0.124. The molecule has 112 valence electrons. The minimum atomic E-state index is -0.623. The van der Waals surface area contributed by atoms with Crippen LogP contribution in [0.4, 0.5) is 4.39 Å². The number of nitrogens with one attached hydrogen (secondary N) is 1. The summed E-state index contributed by atoms with van der Waals surface area (Å²) in [5.74, 6) is -0.408. The predicted molar refractivity (Wildman–Crippen MR) is 80.9 cm³/mol. The fraction of sp³-hybridized carbons (Fsp3) is 0.533. The Bertz CT molecular complexity index is 465. The van der Waals surface area contributed by atoms with Crippen molar-refractivity contribution in [3.63, 3.8) is 0 Å². The summed E-state index contributed by atoms with van der Waals surface area (Å²) in [6.45, 7) is 5.63. The highest BCUT2D eigenvalue weighted by Gasteiger charge is 2.16. The molecule has 20 heavy (non-hydrogen) atoms. The monoisotopic (exact) mass is 345 g/mol. The average Bonchev–Trinajstić information content (AvgIpc) is 2.33. The van der Waals surface area contributed by atoms with E-state index in [9.17, 15) is 14.3 Å². The van der Waals surface area contributed by atoms with E-state index >= 15 is 0 Å². The summed E-state index contributed by atoms with van der Waals surface area (Å²) in [4.78, 5) is 11.7. The number of aliphatic hydroxyl groups excluding tert-OH is 1. The van der Waals surface area contributed by atoms with Crippen LogP contribution in [-0.4, -0.2) is 23.2 Å². The highest BCUT2D eigenvalue weighted by molar-refractivity contribution is 9.10. The van der Waals surface area contributed by atoms with E-state index in [4.69, 9.17) is 0 Å². The highest BCUT2D eigenvalue weighted by atomic mass is 79.9. The van der Waals surface area contributed by atoms with Gasteiger partial charge in [-0.05, 0) is 52.9 Å². The van der Waals surface area contributed by atoms with E-state index in [-0.39, 0.29) is 30.1 Å². The molecule has 0 radical (unpaired) electrons. The van der Waals surface area contributed by atoms with Crippen molar-refractivity contribution in [1.29, 1.82) is 0 Å². The summed E-state index contributed by atoms with van der Waals surface area (Å²) in [6.07, 6.45) is 0.0968. The Hall–Kier alpha value is -0.940. The lowest BCUT2D eigenvalue weighted by Gasteiger charge is -2.17. The Morgan fingerprint density at radius 2 is 2.05 bits per heavy atom.